The quantitative estimate of drug-likeness (QED) is 0.599. The summed E-state index contributed by atoms with van der Waals surface area (Å²) in [5, 5.41) is 13.9. The Morgan fingerprint density at radius 1 is 1.73 bits per heavy atom. The van der Waals surface area contributed by atoms with Crippen LogP contribution in [0.2, 0.25) is 0 Å². The summed E-state index contributed by atoms with van der Waals surface area (Å²) in [7, 11) is 1.80. The van der Waals surface area contributed by atoms with E-state index in [9.17, 15) is 5.11 Å². The highest BCUT2D eigenvalue weighted by Gasteiger charge is 2.12. The van der Waals surface area contributed by atoms with Crippen molar-refractivity contribution in [1.29, 1.82) is 0 Å². The zero-order chi connectivity index (χ0) is 11.3. The smallest absolute Gasteiger partial charge is 0.117 e. The number of allylic oxidation sites excluding steroid dienone is 2. The first-order valence-electron chi connectivity index (χ1n) is 4.62. The van der Waals surface area contributed by atoms with Crippen LogP contribution in [0.25, 0.3) is 0 Å². The zero-order valence-electron chi connectivity index (χ0n) is 8.96. The van der Waals surface area contributed by atoms with Gasteiger partial charge in [0.05, 0.1) is 5.69 Å². The summed E-state index contributed by atoms with van der Waals surface area (Å²) >= 11 is 0. The first-order valence-corrected chi connectivity index (χ1v) is 4.62. The second kappa shape index (κ2) is 5.26. The molecular weight excluding hydrogens is 190 g/mol. The number of hydrogen-bond acceptors (Lipinski definition) is 3. The van der Waals surface area contributed by atoms with Crippen molar-refractivity contribution >= 4 is 6.72 Å². The third-order valence-electron chi connectivity index (χ3n) is 2.12. The molecule has 1 unspecified atom stereocenters. The van der Waals surface area contributed by atoms with Gasteiger partial charge in [0.1, 0.15) is 6.10 Å². The molecule has 1 aromatic heterocycles. The number of aryl methyl sites for hydroxylation is 1. The monoisotopic (exact) mass is 205 g/mol. The summed E-state index contributed by atoms with van der Waals surface area (Å²) < 4.78 is 1.65. The Kier molecular flexibility index (Phi) is 4.00. The SMILES string of the molecule is C=N/C=C\C=C(/C)C(O)c1ccnn1C. The largest absolute Gasteiger partial charge is 0.382 e. The van der Waals surface area contributed by atoms with Crippen molar-refractivity contribution in [1.82, 2.24) is 9.78 Å². The van der Waals surface area contributed by atoms with E-state index in [1.165, 1.54) is 0 Å². The number of nitrogens with zero attached hydrogens (tertiary/aromatic N) is 3. The molecule has 1 aromatic rings. The molecule has 1 atom stereocenters. The molecule has 80 valence electrons. The number of aliphatic hydroxyl groups excluding tert-OH is 1. The third-order valence-corrected chi connectivity index (χ3v) is 2.12. The highest BCUT2D eigenvalue weighted by molar-refractivity contribution is 5.27. The van der Waals surface area contributed by atoms with Crippen LogP contribution in [0.3, 0.4) is 0 Å². The molecule has 4 heteroatoms. The van der Waals surface area contributed by atoms with Crippen LogP contribution in [0.5, 0.6) is 0 Å². The van der Waals surface area contributed by atoms with Gasteiger partial charge in [0, 0.05) is 19.4 Å². The zero-order valence-corrected chi connectivity index (χ0v) is 8.96. The Morgan fingerprint density at radius 3 is 3.00 bits per heavy atom. The van der Waals surface area contributed by atoms with Gasteiger partial charge >= 0.3 is 0 Å². The van der Waals surface area contributed by atoms with Crippen LogP contribution in [0, 0.1) is 0 Å². The van der Waals surface area contributed by atoms with Crippen molar-refractivity contribution < 1.29 is 5.11 Å². The minimum atomic E-state index is -0.632. The van der Waals surface area contributed by atoms with Gasteiger partial charge in [-0.1, -0.05) is 6.08 Å². The highest BCUT2D eigenvalue weighted by atomic mass is 16.3. The average molecular weight is 205 g/mol. The van der Waals surface area contributed by atoms with E-state index >= 15 is 0 Å². The summed E-state index contributed by atoms with van der Waals surface area (Å²) in [6.45, 7) is 5.18. The first-order chi connectivity index (χ1) is 7.16. The van der Waals surface area contributed by atoms with E-state index in [2.05, 4.69) is 16.8 Å². The summed E-state index contributed by atoms with van der Waals surface area (Å²) in [6, 6.07) is 1.79. The maximum absolute atomic E-state index is 9.95. The van der Waals surface area contributed by atoms with Crippen LogP contribution in [0.1, 0.15) is 18.7 Å². The van der Waals surface area contributed by atoms with Crippen LogP contribution >= 0.6 is 0 Å². The number of aliphatic imine (C=N–C) groups is 1. The normalized spacial score (nSPS) is 14.5. The Balaban J connectivity index is 2.81. The van der Waals surface area contributed by atoms with Gasteiger partial charge in [-0.05, 0) is 31.4 Å². The predicted octanol–water partition coefficient (Wildman–Crippen LogP) is 1.61. The standard InChI is InChI=1S/C11H15N3O/c1-9(5-4-7-12-2)11(15)10-6-8-13-14(10)3/h4-8,11,15H,2H2,1,3H3/b7-4-,9-5+. The molecule has 0 aromatic carbocycles. The van der Waals surface area contributed by atoms with Gasteiger partial charge in [-0.3, -0.25) is 9.67 Å². The lowest BCUT2D eigenvalue weighted by Crippen LogP contribution is -2.06. The minimum absolute atomic E-state index is 0.632. The molecule has 0 amide bonds. The molecule has 15 heavy (non-hydrogen) atoms. The van der Waals surface area contributed by atoms with Crippen molar-refractivity contribution in [3.05, 3.63) is 41.9 Å². The Hall–Kier alpha value is -1.68. The molecule has 0 spiro atoms. The predicted molar refractivity (Wildman–Crippen MR) is 60.6 cm³/mol. The molecule has 0 aliphatic carbocycles. The van der Waals surface area contributed by atoms with Crippen LogP contribution in [0.4, 0.5) is 0 Å². The van der Waals surface area contributed by atoms with Gasteiger partial charge in [-0.2, -0.15) is 5.10 Å². The van der Waals surface area contributed by atoms with Gasteiger partial charge in [0.25, 0.3) is 0 Å². The fraction of sp³-hybridized carbons (Fsp3) is 0.273. The van der Waals surface area contributed by atoms with E-state index < -0.39 is 6.10 Å². The van der Waals surface area contributed by atoms with E-state index in [1.807, 2.05) is 6.92 Å². The minimum Gasteiger partial charge on any atom is -0.382 e. The van der Waals surface area contributed by atoms with E-state index in [0.717, 1.165) is 11.3 Å². The Morgan fingerprint density at radius 2 is 2.47 bits per heavy atom. The Bertz CT molecular complexity index is 390. The van der Waals surface area contributed by atoms with Gasteiger partial charge in [0.15, 0.2) is 0 Å². The van der Waals surface area contributed by atoms with E-state index in [4.69, 9.17) is 0 Å². The topological polar surface area (TPSA) is 50.4 Å². The summed E-state index contributed by atoms with van der Waals surface area (Å²) in [5.74, 6) is 0. The maximum Gasteiger partial charge on any atom is 0.117 e. The molecule has 1 rings (SSSR count). The van der Waals surface area contributed by atoms with Crippen LogP contribution in [-0.2, 0) is 7.05 Å². The van der Waals surface area contributed by atoms with Crippen molar-refractivity contribution in [3.8, 4) is 0 Å². The molecule has 1 heterocycles. The van der Waals surface area contributed by atoms with Gasteiger partial charge in [-0.25, -0.2) is 0 Å². The summed E-state index contributed by atoms with van der Waals surface area (Å²) in [5.41, 5.74) is 1.60. The summed E-state index contributed by atoms with van der Waals surface area (Å²) in [4.78, 5) is 3.57. The molecular formula is C11H15N3O. The molecule has 0 saturated heterocycles. The average Bonchev–Trinajstić information content (AvgIpc) is 2.63. The van der Waals surface area contributed by atoms with E-state index in [-0.39, 0.29) is 0 Å². The number of aromatic nitrogens is 2. The highest BCUT2D eigenvalue weighted by Crippen LogP contribution is 2.19. The Labute approximate surface area is 89.3 Å². The van der Waals surface area contributed by atoms with Crippen LogP contribution < -0.4 is 0 Å². The molecule has 0 radical (unpaired) electrons. The molecule has 0 bridgehead atoms. The van der Waals surface area contributed by atoms with Crippen molar-refractivity contribution in [2.75, 3.05) is 0 Å². The van der Waals surface area contributed by atoms with E-state index in [0.29, 0.717) is 0 Å². The molecule has 0 fully saturated rings. The van der Waals surface area contributed by atoms with E-state index in [1.54, 1.807) is 42.3 Å². The lowest BCUT2D eigenvalue weighted by atomic mass is 10.1. The molecule has 0 aliphatic heterocycles. The van der Waals surface area contributed by atoms with Crippen molar-refractivity contribution in [3.63, 3.8) is 0 Å². The molecule has 0 aliphatic rings. The lowest BCUT2D eigenvalue weighted by molar-refractivity contribution is 0.205. The molecule has 1 N–H and O–H groups in total. The number of rotatable bonds is 4. The second-order valence-electron chi connectivity index (χ2n) is 3.22. The van der Waals surface area contributed by atoms with Crippen molar-refractivity contribution in [2.24, 2.45) is 12.0 Å². The summed E-state index contributed by atoms with van der Waals surface area (Å²) in [6.07, 6.45) is 6.13. The van der Waals surface area contributed by atoms with Gasteiger partial charge in [-0.15, -0.1) is 0 Å². The molecule has 0 saturated carbocycles. The molecule has 4 nitrogen and oxygen atoms in total. The fourth-order valence-corrected chi connectivity index (χ4v) is 1.23. The number of aliphatic hydroxyl groups is 1. The van der Waals surface area contributed by atoms with Crippen molar-refractivity contribution in [2.45, 2.75) is 13.0 Å². The van der Waals surface area contributed by atoms with Gasteiger partial charge < -0.3 is 5.11 Å². The first kappa shape index (κ1) is 11.4. The number of hydrogen-bond donors (Lipinski definition) is 1. The fourth-order valence-electron chi connectivity index (χ4n) is 1.23. The second-order valence-corrected chi connectivity index (χ2v) is 3.22. The maximum atomic E-state index is 9.95. The van der Waals surface area contributed by atoms with Gasteiger partial charge in [0.2, 0.25) is 0 Å². The third kappa shape index (κ3) is 2.89. The van der Waals surface area contributed by atoms with Crippen LogP contribution in [0.15, 0.2) is 41.2 Å². The lowest BCUT2D eigenvalue weighted by Gasteiger charge is -2.10. The van der Waals surface area contributed by atoms with Crippen LogP contribution in [-0.4, -0.2) is 21.6 Å².